The molecule has 6 nitrogen and oxygen atoms in total. The number of carbonyl (C=O) groups is 2. The van der Waals surface area contributed by atoms with Crippen LogP contribution in [0.15, 0.2) is 46.9 Å². The van der Waals surface area contributed by atoms with E-state index in [9.17, 15) is 9.59 Å². The van der Waals surface area contributed by atoms with Gasteiger partial charge < -0.3 is 9.47 Å². The lowest BCUT2D eigenvalue weighted by Crippen LogP contribution is -2.43. The van der Waals surface area contributed by atoms with Crippen molar-refractivity contribution >= 4 is 27.7 Å². The van der Waals surface area contributed by atoms with Crippen molar-refractivity contribution in [3.05, 3.63) is 58.1 Å². The van der Waals surface area contributed by atoms with Crippen LogP contribution in [0.25, 0.3) is 0 Å². The Hall–Kier alpha value is -2.54. The summed E-state index contributed by atoms with van der Waals surface area (Å²) >= 11 is 3.31. The van der Waals surface area contributed by atoms with Gasteiger partial charge >= 0.3 is 0 Å². The number of benzene rings is 2. The second-order valence-corrected chi connectivity index (χ2v) is 6.87. The number of hydrogen-bond donors (Lipinski definition) is 2. The molecule has 0 aliphatic carbocycles. The molecule has 7 heteroatoms. The number of carbonyl (C=O) groups excluding carboxylic acids is 2. The van der Waals surface area contributed by atoms with E-state index in [1.165, 1.54) is 12.7 Å². The molecule has 2 aromatic carbocycles. The van der Waals surface area contributed by atoms with E-state index in [0.717, 1.165) is 6.42 Å². The smallest absolute Gasteiger partial charge is 0.276 e. The van der Waals surface area contributed by atoms with Gasteiger partial charge in [-0.2, -0.15) is 0 Å². The predicted molar refractivity (Wildman–Crippen MR) is 107 cm³/mol. The Kier molecular flexibility index (Phi) is 7.67. The highest BCUT2D eigenvalue weighted by Crippen LogP contribution is 2.25. The topological polar surface area (TPSA) is 76.7 Å². The van der Waals surface area contributed by atoms with Crippen molar-refractivity contribution in [1.82, 2.24) is 10.9 Å². The molecule has 2 rings (SSSR count). The maximum atomic E-state index is 12.1. The zero-order valence-corrected chi connectivity index (χ0v) is 17.1. The number of methoxy groups -OCH3 is 1. The molecule has 0 bridgehead atoms. The van der Waals surface area contributed by atoms with Crippen LogP contribution in [0.1, 0.15) is 42.1 Å². The van der Waals surface area contributed by atoms with E-state index in [-0.39, 0.29) is 6.61 Å². The zero-order valence-electron chi connectivity index (χ0n) is 15.5. The second kappa shape index (κ2) is 9.97. The van der Waals surface area contributed by atoms with E-state index < -0.39 is 11.8 Å². The first-order chi connectivity index (χ1) is 12.9. The van der Waals surface area contributed by atoms with Crippen LogP contribution in [0.3, 0.4) is 0 Å². The van der Waals surface area contributed by atoms with Crippen LogP contribution in [0.2, 0.25) is 0 Å². The molecule has 27 heavy (non-hydrogen) atoms. The molecule has 0 radical (unpaired) electrons. The van der Waals surface area contributed by atoms with E-state index in [0.29, 0.717) is 27.5 Å². The van der Waals surface area contributed by atoms with Gasteiger partial charge in [-0.3, -0.25) is 20.4 Å². The number of amides is 2. The van der Waals surface area contributed by atoms with Crippen LogP contribution in [0.5, 0.6) is 11.5 Å². The maximum absolute atomic E-state index is 12.1. The third kappa shape index (κ3) is 5.99. The normalized spacial score (nSPS) is 11.4. The van der Waals surface area contributed by atoms with E-state index in [2.05, 4.69) is 40.6 Å². The van der Waals surface area contributed by atoms with E-state index in [1.807, 2.05) is 24.3 Å². The van der Waals surface area contributed by atoms with Gasteiger partial charge in [0.15, 0.2) is 6.61 Å². The summed E-state index contributed by atoms with van der Waals surface area (Å²) in [7, 11) is 1.54. The average molecular weight is 435 g/mol. The maximum Gasteiger partial charge on any atom is 0.276 e. The van der Waals surface area contributed by atoms with Gasteiger partial charge in [0.05, 0.1) is 11.6 Å². The fraction of sp³-hybridized carbons (Fsp3) is 0.300. The first-order valence-electron chi connectivity index (χ1n) is 8.60. The van der Waals surface area contributed by atoms with Crippen LogP contribution in [-0.4, -0.2) is 25.5 Å². The summed E-state index contributed by atoms with van der Waals surface area (Å²) in [4.78, 5) is 23.9. The monoisotopic (exact) mass is 434 g/mol. The van der Waals surface area contributed by atoms with Crippen molar-refractivity contribution in [2.24, 2.45) is 0 Å². The molecule has 0 spiro atoms. The fourth-order valence-electron chi connectivity index (χ4n) is 2.32. The molecule has 0 aliphatic heterocycles. The zero-order chi connectivity index (χ0) is 19.8. The lowest BCUT2D eigenvalue weighted by Gasteiger charge is -2.11. The Bertz CT molecular complexity index is 793. The van der Waals surface area contributed by atoms with Crippen LogP contribution >= 0.6 is 15.9 Å². The van der Waals surface area contributed by atoms with Crippen LogP contribution in [0.4, 0.5) is 0 Å². The molecule has 1 atom stereocenters. The van der Waals surface area contributed by atoms with Gasteiger partial charge in [0.2, 0.25) is 0 Å². The van der Waals surface area contributed by atoms with Crippen molar-refractivity contribution in [1.29, 1.82) is 0 Å². The highest BCUT2D eigenvalue weighted by molar-refractivity contribution is 9.10. The fourth-order valence-corrected chi connectivity index (χ4v) is 2.86. The average Bonchev–Trinajstić information content (AvgIpc) is 2.70. The number of halogens is 1. The molecule has 0 aromatic heterocycles. The summed E-state index contributed by atoms with van der Waals surface area (Å²) in [6.45, 7) is 4.10. The van der Waals surface area contributed by atoms with Gasteiger partial charge in [-0.15, -0.1) is 0 Å². The standard InChI is InChI=1S/C20H23BrN2O4/c1-4-13(2)14-5-8-16(9-6-14)27-12-19(24)22-23-20(25)15-7-10-18(26-3)17(21)11-15/h5-11,13H,4,12H2,1-3H3,(H,22,24)(H,23,25). The minimum atomic E-state index is -0.457. The van der Waals surface area contributed by atoms with Crippen molar-refractivity contribution < 1.29 is 19.1 Å². The third-order valence-electron chi connectivity index (χ3n) is 4.16. The molecule has 2 aromatic rings. The minimum absolute atomic E-state index is 0.199. The Labute approximate surface area is 167 Å². The first kappa shape index (κ1) is 20.8. The summed E-state index contributed by atoms with van der Waals surface area (Å²) in [5.74, 6) is 0.799. The summed E-state index contributed by atoms with van der Waals surface area (Å²) < 4.78 is 11.2. The molecular formula is C20H23BrN2O4. The number of ether oxygens (including phenoxy) is 2. The quantitative estimate of drug-likeness (QED) is 0.649. The second-order valence-electron chi connectivity index (χ2n) is 6.02. The summed E-state index contributed by atoms with van der Waals surface area (Å²) in [6.07, 6.45) is 1.06. The Morgan fingerprint density at radius 3 is 2.41 bits per heavy atom. The van der Waals surface area contributed by atoms with E-state index in [1.54, 1.807) is 18.2 Å². The Morgan fingerprint density at radius 1 is 1.11 bits per heavy atom. The van der Waals surface area contributed by atoms with Gasteiger partial charge in [-0.05, 0) is 64.2 Å². The third-order valence-corrected chi connectivity index (χ3v) is 4.78. The molecule has 2 N–H and O–H groups in total. The molecule has 0 saturated carbocycles. The van der Waals surface area contributed by atoms with Crippen LogP contribution in [0, 0.1) is 0 Å². The van der Waals surface area contributed by atoms with Gasteiger partial charge in [0.1, 0.15) is 11.5 Å². The number of hydrazine groups is 1. The highest BCUT2D eigenvalue weighted by atomic mass is 79.9. The molecule has 1 unspecified atom stereocenters. The van der Waals surface area contributed by atoms with Crippen LogP contribution in [-0.2, 0) is 4.79 Å². The molecular weight excluding hydrogens is 412 g/mol. The number of hydrogen-bond acceptors (Lipinski definition) is 4. The Morgan fingerprint density at radius 2 is 1.81 bits per heavy atom. The van der Waals surface area contributed by atoms with Gasteiger partial charge in [0.25, 0.3) is 11.8 Å². The molecule has 2 amide bonds. The first-order valence-corrected chi connectivity index (χ1v) is 9.39. The molecule has 0 heterocycles. The van der Waals surface area contributed by atoms with E-state index >= 15 is 0 Å². The number of rotatable bonds is 7. The summed E-state index contributed by atoms with van der Waals surface area (Å²) in [5, 5.41) is 0. The van der Waals surface area contributed by atoms with Crippen molar-refractivity contribution in [2.45, 2.75) is 26.2 Å². The van der Waals surface area contributed by atoms with Crippen molar-refractivity contribution in [2.75, 3.05) is 13.7 Å². The van der Waals surface area contributed by atoms with Crippen LogP contribution < -0.4 is 20.3 Å². The lowest BCUT2D eigenvalue weighted by atomic mass is 9.99. The minimum Gasteiger partial charge on any atom is -0.496 e. The van der Waals surface area contributed by atoms with Gasteiger partial charge in [0, 0.05) is 5.56 Å². The summed E-state index contributed by atoms with van der Waals surface area (Å²) in [6, 6.07) is 12.5. The molecule has 0 aliphatic rings. The van der Waals surface area contributed by atoms with Gasteiger partial charge in [-0.25, -0.2) is 0 Å². The highest BCUT2D eigenvalue weighted by Gasteiger charge is 2.10. The SMILES string of the molecule is CCC(C)c1ccc(OCC(=O)NNC(=O)c2ccc(OC)c(Br)c2)cc1. The lowest BCUT2D eigenvalue weighted by molar-refractivity contribution is -0.123. The molecule has 0 fully saturated rings. The van der Waals surface area contributed by atoms with Crippen molar-refractivity contribution in [3.63, 3.8) is 0 Å². The largest absolute Gasteiger partial charge is 0.496 e. The Balaban J connectivity index is 1.80. The van der Waals surface area contributed by atoms with E-state index in [4.69, 9.17) is 9.47 Å². The summed E-state index contributed by atoms with van der Waals surface area (Å²) in [5.41, 5.74) is 6.29. The number of nitrogens with one attached hydrogen (secondary N) is 2. The van der Waals surface area contributed by atoms with Gasteiger partial charge in [-0.1, -0.05) is 26.0 Å². The predicted octanol–water partition coefficient (Wildman–Crippen LogP) is 3.81. The van der Waals surface area contributed by atoms with Crippen molar-refractivity contribution in [3.8, 4) is 11.5 Å². The molecule has 144 valence electrons. The molecule has 0 saturated heterocycles.